The summed E-state index contributed by atoms with van der Waals surface area (Å²) >= 11 is 0. The van der Waals surface area contributed by atoms with Gasteiger partial charge in [-0.1, -0.05) is 18.2 Å². The van der Waals surface area contributed by atoms with Crippen LogP contribution < -0.4 is 5.56 Å². The molecule has 0 aliphatic heterocycles. The maximum absolute atomic E-state index is 13.2. The maximum atomic E-state index is 13.2. The number of aryl methyl sites for hydroxylation is 1. The highest BCUT2D eigenvalue weighted by atomic mass is 16.5. The van der Waals surface area contributed by atoms with E-state index in [1.807, 2.05) is 43.3 Å². The molecule has 0 saturated carbocycles. The Morgan fingerprint density at radius 2 is 1.76 bits per heavy atom. The van der Waals surface area contributed by atoms with Crippen LogP contribution in [0.15, 0.2) is 47.3 Å². The summed E-state index contributed by atoms with van der Waals surface area (Å²) in [4.78, 5) is 42.1. The number of unbranched alkanes of at least 4 members (excludes halogenated alkanes) is 1. The van der Waals surface area contributed by atoms with Gasteiger partial charge in [0.1, 0.15) is 0 Å². The van der Waals surface area contributed by atoms with Gasteiger partial charge in [0, 0.05) is 12.8 Å². The van der Waals surface area contributed by atoms with E-state index in [0.717, 1.165) is 5.56 Å². The first-order valence-electron chi connectivity index (χ1n) is 9.54. The molecule has 0 aliphatic rings. The number of rotatable bonds is 5. The van der Waals surface area contributed by atoms with Crippen molar-refractivity contribution < 1.29 is 14.3 Å². The first-order chi connectivity index (χ1) is 14.0. The van der Waals surface area contributed by atoms with Crippen molar-refractivity contribution in [1.29, 1.82) is 0 Å². The summed E-state index contributed by atoms with van der Waals surface area (Å²) in [5.41, 5.74) is 2.65. The number of aromatic nitrogens is 3. The fourth-order valence-corrected chi connectivity index (χ4v) is 3.61. The van der Waals surface area contributed by atoms with Crippen LogP contribution in [0.1, 0.15) is 36.0 Å². The molecular weight excluding hydrogens is 370 g/mol. The Bertz CT molecular complexity index is 1320. The number of esters is 1. The molecule has 2 aromatic heterocycles. The van der Waals surface area contributed by atoms with E-state index < -0.39 is 0 Å². The SMILES string of the molecule is COC(=O)CCCCC(=O)n1c2ccccc2n2c(=O)c3ccc(C)cc3nc12. The summed E-state index contributed by atoms with van der Waals surface area (Å²) in [6.07, 6.45) is 1.63. The molecular formula is C22H21N3O4. The lowest BCUT2D eigenvalue weighted by atomic mass is 10.2. The zero-order chi connectivity index (χ0) is 20.5. The van der Waals surface area contributed by atoms with Crippen LogP contribution in [0, 0.1) is 6.92 Å². The van der Waals surface area contributed by atoms with Crippen LogP contribution in [0.25, 0.3) is 27.7 Å². The lowest BCUT2D eigenvalue weighted by Crippen LogP contribution is -2.17. The average molecular weight is 391 g/mol. The molecule has 148 valence electrons. The smallest absolute Gasteiger partial charge is 0.305 e. The lowest BCUT2D eigenvalue weighted by molar-refractivity contribution is -0.140. The van der Waals surface area contributed by atoms with E-state index in [-0.39, 0.29) is 30.3 Å². The summed E-state index contributed by atoms with van der Waals surface area (Å²) < 4.78 is 7.64. The highest BCUT2D eigenvalue weighted by Gasteiger charge is 2.19. The number of para-hydroxylation sites is 2. The average Bonchev–Trinajstić information content (AvgIpc) is 3.05. The first kappa shape index (κ1) is 18.9. The molecule has 0 radical (unpaired) electrons. The molecule has 2 aromatic carbocycles. The van der Waals surface area contributed by atoms with Crippen LogP contribution in [0.4, 0.5) is 0 Å². The third-order valence-corrected chi connectivity index (χ3v) is 5.07. The molecule has 0 fully saturated rings. The molecule has 0 unspecified atom stereocenters. The van der Waals surface area contributed by atoms with Crippen molar-refractivity contribution in [2.24, 2.45) is 0 Å². The van der Waals surface area contributed by atoms with Crippen LogP contribution in [0.5, 0.6) is 0 Å². The number of hydrogen-bond acceptors (Lipinski definition) is 5. The molecule has 4 rings (SSSR count). The quantitative estimate of drug-likeness (QED) is 0.384. The molecule has 29 heavy (non-hydrogen) atoms. The van der Waals surface area contributed by atoms with Gasteiger partial charge in [0.2, 0.25) is 11.7 Å². The van der Waals surface area contributed by atoms with Crippen molar-refractivity contribution in [3.05, 3.63) is 58.4 Å². The Balaban J connectivity index is 1.84. The van der Waals surface area contributed by atoms with E-state index in [2.05, 4.69) is 9.72 Å². The van der Waals surface area contributed by atoms with Gasteiger partial charge in [-0.05, 0) is 49.6 Å². The first-order valence-corrected chi connectivity index (χ1v) is 9.54. The van der Waals surface area contributed by atoms with Crippen molar-refractivity contribution in [3.63, 3.8) is 0 Å². The van der Waals surface area contributed by atoms with Crippen LogP contribution in [-0.2, 0) is 9.53 Å². The summed E-state index contributed by atoms with van der Waals surface area (Å²) in [6, 6.07) is 12.8. The van der Waals surface area contributed by atoms with Gasteiger partial charge in [-0.2, -0.15) is 0 Å². The summed E-state index contributed by atoms with van der Waals surface area (Å²) in [5.74, 6) is -0.135. The third-order valence-electron chi connectivity index (χ3n) is 5.07. The van der Waals surface area contributed by atoms with Gasteiger partial charge in [0.15, 0.2) is 0 Å². The van der Waals surface area contributed by atoms with E-state index >= 15 is 0 Å². The monoisotopic (exact) mass is 391 g/mol. The molecule has 4 aromatic rings. The normalized spacial score (nSPS) is 11.4. The van der Waals surface area contributed by atoms with Crippen molar-refractivity contribution >= 4 is 39.6 Å². The second-order valence-corrected chi connectivity index (χ2v) is 7.07. The number of nitrogens with zero attached hydrogens (tertiary/aromatic N) is 3. The number of imidazole rings is 1. The Morgan fingerprint density at radius 3 is 2.52 bits per heavy atom. The van der Waals surface area contributed by atoms with Gasteiger partial charge < -0.3 is 4.74 Å². The minimum Gasteiger partial charge on any atom is -0.469 e. The van der Waals surface area contributed by atoms with Gasteiger partial charge in [-0.3, -0.25) is 14.4 Å². The number of hydrogen-bond donors (Lipinski definition) is 0. The second-order valence-electron chi connectivity index (χ2n) is 7.07. The van der Waals surface area contributed by atoms with Crippen molar-refractivity contribution in [2.75, 3.05) is 7.11 Å². The van der Waals surface area contributed by atoms with Gasteiger partial charge in [-0.15, -0.1) is 0 Å². The number of ether oxygens (including phenoxy) is 1. The molecule has 0 bridgehead atoms. The van der Waals surface area contributed by atoms with Crippen molar-refractivity contribution in [3.8, 4) is 0 Å². The summed E-state index contributed by atoms with van der Waals surface area (Å²) in [6.45, 7) is 1.94. The van der Waals surface area contributed by atoms with Crippen LogP contribution >= 0.6 is 0 Å². The standard InChI is InChI=1S/C22H21N3O4/c1-14-11-12-15-16(13-14)23-22-24(19(26)9-5-6-10-20(27)29-2)17-7-3-4-8-18(17)25(22)21(15)28/h3-4,7-8,11-13H,5-6,9-10H2,1-2H3. The zero-order valence-corrected chi connectivity index (χ0v) is 16.3. The van der Waals surface area contributed by atoms with Crippen molar-refractivity contribution in [2.45, 2.75) is 32.6 Å². The van der Waals surface area contributed by atoms with E-state index in [4.69, 9.17) is 0 Å². The van der Waals surface area contributed by atoms with E-state index in [9.17, 15) is 14.4 Å². The molecule has 0 atom stereocenters. The van der Waals surface area contributed by atoms with Crippen LogP contribution in [0.2, 0.25) is 0 Å². The number of carbonyl (C=O) groups excluding carboxylic acids is 2. The Labute approximate surface area is 166 Å². The second kappa shape index (κ2) is 7.50. The number of fused-ring (bicyclic) bond motifs is 4. The molecule has 2 heterocycles. The summed E-state index contributed by atoms with van der Waals surface area (Å²) in [5, 5.41) is 0.515. The largest absolute Gasteiger partial charge is 0.469 e. The number of methoxy groups -OCH3 is 1. The van der Waals surface area contributed by atoms with E-state index in [1.165, 1.54) is 16.1 Å². The molecule has 0 saturated heterocycles. The molecule has 0 N–H and O–H groups in total. The van der Waals surface area contributed by atoms with Gasteiger partial charge in [-0.25, -0.2) is 14.0 Å². The zero-order valence-electron chi connectivity index (χ0n) is 16.3. The van der Waals surface area contributed by atoms with Crippen molar-refractivity contribution in [1.82, 2.24) is 14.0 Å². The molecule has 7 nitrogen and oxygen atoms in total. The fraction of sp³-hybridized carbons (Fsp3) is 0.273. The van der Waals surface area contributed by atoms with Gasteiger partial charge in [0.05, 0.1) is 29.0 Å². The predicted molar refractivity (Wildman–Crippen MR) is 110 cm³/mol. The molecule has 0 amide bonds. The van der Waals surface area contributed by atoms with Gasteiger partial charge in [0.25, 0.3) is 5.56 Å². The van der Waals surface area contributed by atoms with Gasteiger partial charge >= 0.3 is 5.97 Å². The Morgan fingerprint density at radius 1 is 1.03 bits per heavy atom. The fourth-order valence-electron chi connectivity index (χ4n) is 3.61. The predicted octanol–water partition coefficient (Wildman–Crippen LogP) is 3.48. The molecule has 7 heteroatoms. The minimum atomic E-state index is -0.288. The number of carbonyl (C=O) groups is 2. The Kier molecular flexibility index (Phi) is 4.88. The van der Waals surface area contributed by atoms with Crippen LogP contribution in [0.3, 0.4) is 0 Å². The van der Waals surface area contributed by atoms with Crippen LogP contribution in [-0.4, -0.2) is 32.9 Å². The lowest BCUT2D eigenvalue weighted by Gasteiger charge is -2.06. The highest BCUT2D eigenvalue weighted by molar-refractivity contribution is 5.96. The topological polar surface area (TPSA) is 82.7 Å². The third kappa shape index (κ3) is 3.29. The maximum Gasteiger partial charge on any atom is 0.305 e. The molecule has 0 aliphatic carbocycles. The van der Waals surface area contributed by atoms with E-state index in [0.29, 0.717) is 40.6 Å². The number of benzene rings is 2. The van der Waals surface area contributed by atoms with E-state index in [1.54, 1.807) is 6.07 Å². The highest BCUT2D eigenvalue weighted by Crippen LogP contribution is 2.22. The Hall–Kier alpha value is -3.48. The molecule has 0 spiro atoms. The summed E-state index contributed by atoms with van der Waals surface area (Å²) in [7, 11) is 1.35. The minimum absolute atomic E-state index is 0.160.